The molecule has 1 saturated carbocycles. The summed E-state index contributed by atoms with van der Waals surface area (Å²) in [7, 11) is 0. The van der Waals surface area contributed by atoms with Crippen LogP contribution in [0.3, 0.4) is 0 Å². The number of carbonyl (C=O) groups excluding carboxylic acids is 2. The summed E-state index contributed by atoms with van der Waals surface area (Å²) >= 11 is 0. The fourth-order valence-corrected chi connectivity index (χ4v) is 2.45. The van der Waals surface area contributed by atoms with Gasteiger partial charge in [0.05, 0.1) is 12.3 Å². The Hall–Kier alpha value is -1.78. The second-order valence-corrected chi connectivity index (χ2v) is 5.04. The molecule has 2 unspecified atom stereocenters. The largest absolute Gasteiger partial charge is 0.467 e. The zero-order valence-corrected chi connectivity index (χ0v) is 10.3. The van der Waals surface area contributed by atoms with Crippen LogP contribution in [-0.4, -0.2) is 29.3 Å². The number of nitrogens with zero attached hydrogens (tertiary/aromatic N) is 1. The highest BCUT2D eigenvalue weighted by molar-refractivity contribution is 5.95. The molecule has 0 radical (unpaired) electrons. The van der Waals surface area contributed by atoms with Gasteiger partial charge in [-0.25, -0.2) is 0 Å². The molecule has 3 rings (SSSR count). The molecule has 18 heavy (non-hydrogen) atoms. The number of hydrogen-bond donors (Lipinski definition) is 1. The van der Waals surface area contributed by atoms with Crippen LogP contribution in [0.5, 0.6) is 0 Å². The quantitative estimate of drug-likeness (QED) is 0.870. The van der Waals surface area contributed by atoms with Crippen LogP contribution in [0.2, 0.25) is 0 Å². The third-order valence-electron chi connectivity index (χ3n) is 3.70. The summed E-state index contributed by atoms with van der Waals surface area (Å²) in [4.78, 5) is 25.7. The fraction of sp³-hybridized carbons (Fsp3) is 0.538. The van der Waals surface area contributed by atoms with Crippen LogP contribution >= 0.6 is 0 Å². The number of nitrogens with one attached hydrogen (secondary N) is 1. The predicted octanol–water partition coefficient (Wildman–Crippen LogP) is 1.08. The molecule has 0 spiro atoms. The minimum atomic E-state index is -0.330. The molecule has 1 aliphatic heterocycles. The van der Waals surface area contributed by atoms with Gasteiger partial charge in [0.1, 0.15) is 18.3 Å². The number of furan rings is 1. The van der Waals surface area contributed by atoms with Gasteiger partial charge in [0.2, 0.25) is 11.8 Å². The van der Waals surface area contributed by atoms with E-state index in [9.17, 15) is 9.59 Å². The van der Waals surface area contributed by atoms with E-state index >= 15 is 0 Å². The van der Waals surface area contributed by atoms with E-state index in [1.165, 1.54) is 0 Å². The molecule has 2 fully saturated rings. The Bertz CT molecular complexity index is 465. The van der Waals surface area contributed by atoms with Gasteiger partial charge in [-0.3, -0.25) is 9.59 Å². The van der Waals surface area contributed by atoms with Crippen molar-refractivity contribution in [3.8, 4) is 0 Å². The number of carbonyl (C=O) groups is 2. The van der Waals surface area contributed by atoms with Gasteiger partial charge in [-0.1, -0.05) is 0 Å². The highest BCUT2D eigenvalue weighted by Crippen LogP contribution is 2.35. The second kappa shape index (κ2) is 4.15. The van der Waals surface area contributed by atoms with Crippen molar-refractivity contribution in [2.45, 2.75) is 31.8 Å². The molecule has 1 saturated heterocycles. The molecular formula is C13H16N2O3. The SMILES string of the molecule is CC(c1ccco1)N1CC(=O)NC(C2CC2)C1=O. The molecule has 2 heterocycles. The average molecular weight is 248 g/mol. The summed E-state index contributed by atoms with van der Waals surface area (Å²) in [5.74, 6) is 0.978. The second-order valence-electron chi connectivity index (χ2n) is 5.04. The fourth-order valence-electron chi connectivity index (χ4n) is 2.45. The Labute approximate surface area is 105 Å². The third-order valence-corrected chi connectivity index (χ3v) is 3.70. The average Bonchev–Trinajstić information content (AvgIpc) is 3.05. The molecule has 1 aromatic heterocycles. The summed E-state index contributed by atoms with van der Waals surface area (Å²) < 4.78 is 5.32. The van der Waals surface area contributed by atoms with Gasteiger partial charge in [0.15, 0.2) is 0 Å². The molecule has 1 aliphatic carbocycles. The number of hydrogen-bond acceptors (Lipinski definition) is 3. The molecule has 2 aliphatic rings. The van der Waals surface area contributed by atoms with E-state index in [0.717, 1.165) is 12.8 Å². The van der Waals surface area contributed by atoms with Gasteiger partial charge in [-0.15, -0.1) is 0 Å². The van der Waals surface area contributed by atoms with E-state index in [-0.39, 0.29) is 30.4 Å². The van der Waals surface area contributed by atoms with Crippen molar-refractivity contribution in [3.63, 3.8) is 0 Å². The molecule has 1 aromatic rings. The van der Waals surface area contributed by atoms with Crippen LogP contribution in [0.25, 0.3) is 0 Å². The Kier molecular flexibility index (Phi) is 2.61. The van der Waals surface area contributed by atoms with Crippen molar-refractivity contribution in [2.24, 2.45) is 5.92 Å². The zero-order valence-electron chi connectivity index (χ0n) is 10.3. The summed E-state index contributed by atoms with van der Waals surface area (Å²) in [6.07, 6.45) is 3.64. The Morgan fingerprint density at radius 3 is 2.83 bits per heavy atom. The minimum Gasteiger partial charge on any atom is -0.467 e. The van der Waals surface area contributed by atoms with Gasteiger partial charge in [0.25, 0.3) is 0 Å². The molecular weight excluding hydrogens is 232 g/mol. The summed E-state index contributed by atoms with van der Waals surface area (Å²) in [6, 6.07) is 3.10. The van der Waals surface area contributed by atoms with E-state index in [1.54, 1.807) is 17.2 Å². The number of rotatable bonds is 3. The third kappa shape index (κ3) is 1.89. The molecule has 96 valence electrons. The molecule has 2 atom stereocenters. The first-order chi connectivity index (χ1) is 8.66. The van der Waals surface area contributed by atoms with Gasteiger partial charge < -0.3 is 14.6 Å². The van der Waals surface area contributed by atoms with Crippen molar-refractivity contribution in [1.82, 2.24) is 10.2 Å². The van der Waals surface area contributed by atoms with Crippen molar-refractivity contribution >= 4 is 11.8 Å². The highest BCUT2D eigenvalue weighted by atomic mass is 16.3. The molecule has 1 N–H and O–H groups in total. The highest BCUT2D eigenvalue weighted by Gasteiger charge is 2.44. The topological polar surface area (TPSA) is 62.6 Å². The van der Waals surface area contributed by atoms with E-state index in [0.29, 0.717) is 11.7 Å². The Balaban J connectivity index is 1.81. The maximum Gasteiger partial charge on any atom is 0.246 e. The van der Waals surface area contributed by atoms with Crippen LogP contribution in [0, 0.1) is 5.92 Å². The van der Waals surface area contributed by atoms with E-state index < -0.39 is 0 Å². The van der Waals surface area contributed by atoms with Gasteiger partial charge in [-0.05, 0) is 37.8 Å². The van der Waals surface area contributed by atoms with Crippen LogP contribution in [-0.2, 0) is 9.59 Å². The molecule has 0 aromatic carbocycles. The van der Waals surface area contributed by atoms with Crippen LogP contribution in [0.4, 0.5) is 0 Å². The van der Waals surface area contributed by atoms with Crippen molar-refractivity contribution in [3.05, 3.63) is 24.2 Å². The molecule has 5 heteroatoms. The lowest BCUT2D eigenvalue weighted by atomic mass is 10.1. The van der Waals surface area contributed by atoms with E-state index in [1.807, 2.05) is 13.0 Å². The lowest BCUT2D eigenvalue weighted by Gasteiger charge is -2.35. The maximum atomic E-state index is 12.4. The minimum absolute atomic E-state index is 0.0148. The van der Waals surface area contributed by atoms with Gasteiger partial charge in [0, 0.05) is 0 Å². The Morgan fingerprint density at radius 2 is 2.22 bits per heavy atom. The first-order valence-electron chi connectivity index (χ1n) is 6.30. The van der Waals surface area contributed by atoms with Crippen LogP contribution in [0.15, 0.2) is 22.8 Å². The number of piperazine rings is 1. The monoisotopic (exact) mass is 248 g/mol. The smallest absolute Gasteiger partial charge is 0.246 e. The van der Waals surface area contributed by atoms with Gasteiger partial charge >= 0.3 is 0 Å². The van der Waals surface area contributed by atoms with Gasteiger partial charge in [-0.2, -0.15) is 0 Å². The standard InChI is InChI=1S/C13H16N2O3/c1-8(10-3-2-6-18-10)15-7-11(16)14-12(13(15)17)9-4-5-9/h2-3,6,8-9,12H,4-5,7H2,1H3,(H,14,16). The molecule has 0 bridgehead atoms. The zero-order chi connectivity index (χ0) is 12.7. The molecule has 2 amide bonds. The van der Waals surface area contributed by atoms with Crippen LogP contribution < -0.4 is 5.32 Å². The normalized spacial score (nSPS) is 26.1. The van der Waals surface area contributed by atoms with E-state index in [2.05, 4.69) is 5.32 Å². The van der Waals surface area contributed by atoms with Crippen molar-refractivity contribution < 1.29 is 14.0 Å². The number of amides is 2. The first-order valence-corrected chi connectivity index (χ1v) is 6.30. The first kappa shape index (κ1) is 11.3. The maximum absolute atomic E-state index is 12.4. The summed E-state index contributed by atoms with van der Waals surface area (Å²) in [5, 5.41) is 2.80. The Morgan fingerprint density at radius 1 is 1.44 bits per heavy atom. The summed E-state index contributed by atoms with van der Waals surface area (Å²) in [5.41, 5.74) is 0. The predicted molar refractivity (Wildman–Crippen MR) is 63.5 cm³/mol. The van der Waals surface area contributed by atoms with Crippen molar-refractivity contribution in [2.75, 3.05) is 6.54 Å². The molecule has 5 nitrogen and oxygen atoms in total. The van der Waals surface area contributed by atoms with Crippen LogP contribution in [0.1, 0.15) is 31.6 Å². The van der Waals surface area contributed by atoms with Crippen molar-refractivity contribution in [1.29, 1.82) is 0 Å². The van der Waals surface area contributed by atoms with E-state index in [4.69, 9.17) is 4.42 Å². The summed E-state index contributed by atoms with van der Waals surface area (Å²) in [6.45, 7) is 2.00. The lowest BCUT2D eigenvalue weighted by Crippen LogP contribution is -2.59. The lowest BCUT2D eigenvalue weighted by molar-refractivity contribution is -0.147.